The summed E-state index contributed by atoms with van der Waals surface area (Å²) < 4.78 is 0. The van der Waals surface area contributed by atoms with Crippen molar-refractivity contribution in [3.63, 3.8) is 0 Å². The molecule has 2 aliphatic rings. The maximum absolute atomic E-state index is 3.68. The summed E-state index contributed by atoms with van der Waals surface area (Å²) in [4.78, 5) is 5.04. The van der Waals surface area contributed by atoms with Gasteiger partial charge < -0.3 is 15.1 Å². The van der Waals surface area contributed by atoms with E-state index in [1.54, 1.807) is 0 Å². The van der Waals surface area contributed by atoms with Crippen molar-refractivity contribution in [3.8, 4) is 0 Å². The van der Waals surface area contributed by atoms with Gasteiger partial charge in [-0.25, -0.2) is 0 Å². The van der Waals surface area contributed by atoms with Crippen LogP contribution in [0.5, 0.6) is 0 Å². The highest BCUT2D eigenvalue weighted by molar-refractivity contribution is 4.78. The third kappa shape index (κ3) is 3.72. The van der Waals surface area contributed by atoms with Crippen LogP contribution in [0.1, 0.15) is 26.2 Å². The van der Waals surface area contributed by atoms with Crippen molar-refractivity contribution in [3.05, 3.63) is 0 Å². The van der Waals surface area contributed by atoms with Crippen LogP contribution < -0.4 is 5.32 Å². The minimum atomic E-state index is 0.795. The third-order valence-corrected chi connectivity index (χ3v) is 4.03. The summed E-state index contributed by atoms with van der Waals surface area (Å²) in [7, 11) is 2.22. The van der Waals surface area contributed by atoms with E-state index in [0.717, 1.165) is 12.0 Å². The first-order valence-corrected chi connectivity index (χ1v) is 6.88. The highest BCUT2D eigenvalue weighted by atomic mass is 15.2. The van der Waals surface area contributed by atoms with Crippen molar-refractivity contribution >= 4 is 0 Å². The summed E-state index contributed by atoms with van der Waals surface area (Å²) in [5.74, 6) is 0.795. The predicted molar refractivity (Wildman–Crippen MR) is 68.7 cm³/mol. The summed E-state index contributed by atoms with van der Waals surface area (Å²) in [6.45, 7) is 9.84. The fraction of sp³-hybridized carbons (Fsp3) is 1.00. The second kappa shape index (κ2) is 5.99. The number of likely N-dealkylation sites (N-methyl/N-ethyl adjacent to an activating group) is 1. The van der Waals surface area contributed by atoms with Crippen LogP contribution in [0.25, 0.3) is 0 Å². The molecular weight excluding hydrogens is 198 g/mol. The van der Waals surface area contributed by atoms with Crippen LogP contribution in [0.4, 0.5) is 0 Å². The Morgan fingerprint density at radius 2 is 1.88 bits per heavy atom. The molecule has 0 aromatic heterocycles. The monoisotopic (exact) mass is 225 g/mol. The molecule has 1 saturated heterocycles. The summed E-state index contributed by atoms with van der Waals surface area (Å²) in [6, 6.07) is 0.843. The van der Waals surface area contributed by atoms with E-state index in [4.69, 9.17) is 0 Å². The lowest BCUT2D eigenvalue weighted by Crippen LogP contribution is -2.47. The average molecular weight is 225 g/mol. The molecular formula is C13H27N3. The zero-order chi connectivity index (χ0) is 11.4. The highest BCUT2D eigenvalue weighted by Crippen LogP contribution is 2.18. The van der Waals surface area contributed by atoms with Crippen LogP contribution in [0.15, 0.2) is 0 Å². The number of nitrogens with zero attached hydrogens (tertiary/aromatic N) is 2. The first-order valence-electron chi connectivity index (χ1n) is 6.88. The van der Waals surface area contributed by atoms with Gasteiger partial charge in [-0.3, -0.25) is 0 Å². The van der Waals surface area contributed by atoms with Gasteiger partial charge in [-0.1, -0.05) is 13.3 Å². The lowest BCUT2D eigenvalue weighted by molar-refractivity contribution is 0.136. The molecule has 1 saturated carbocycles. The molecule has 0 aromatic carbocycles. The second-order valence-electron chi connectivity index (χ2n) is 5.75. The van der Waals surface area contributed by atoms with E-state index < -0.39 is 0 Å². The van der Waals surface area contributed by atoms with Crippen molar-refractivity contribution < 1.29 is 0 Å². The molecule has 3 heteroatoms. The van der Waals surface area contributed by atoms with Gasteiger partial charge in [0.2, 0.25) is 0 Å². The number of rotatable bonds is 5. The lowest BCUT2D eigenvalue weighted by Gasteiger charge is -2.35. The predicted octanol–water partition coefficient (Wildman–Crippen LogP) is 1.01. The fourth-order valence-electron chi connectivity index (χ4n) is 2.52. The first-order chi connectivity index (χ1) is 7.74. The van der Waals surface area contributed by atoms with E-state index in [1.165, 1.54) is 58.5 Å². The molecule has 1 aliphatic heterocycles. The van der Waals surface area contributed by atoms with E-state index in [1.807, 2.05) is 0 Å². The molecule has 16 heavy (non-hydrogen) atoms. The zero-order valence-electron chi connectivity index (χ0n) is 10.9. The third-order valence-electron chi connectivity index (χ3n) is 4.03. The molecule has 0 amide bonds. The molecule has 2 rings (SSSR count). The van der Waals surface area contributed by atoms with Gasteiger partial charge >= 0.3 is 0 Å². The Bertz CT molecular complexity index is 195. The van der Waals surface area contributed by atoms with Crippen LogP contribution >= 0.6 is 0 Å². The van der Waals surface area contributed by atoms with E-state index in [2.05, 4.69) is 29.1 Å². The number of nitrogens with one attached hydrogen (secondary N) is 1. The SMILES string of the molecule is CC(CNC1CCC1)CN1CCN(C)CC1. The molecule has 2 fully saturated rings. The van der Waals surface area contributed by atoms with Gasteiger partial charge in [0.1, 0.15) is 0 Å². The van der Waals surface area contributed by atoms with Crippen LogP contribution in [0.3, 0.4) is 0 Å². The van der Waals surface area contributed by atoms with Crippen LogP contribution in [0.2, 0.25) is 0 Å². The van der Waals surface area contributed by atoms with Crippen molar-refractivity contribution in [1.29, 1.82) is 0 Å². The number of hydrogen-bond donors (Lipinski definition) is 1. The van der Waals surface area contributed by atoms with Crippen molar-refractivity contribution in [2.24, 2.45) is 5.92 Å². The molecule has 0 aromatic rings. The van der Waals surface area contributed by atoms with Gasteiger partial charge in [0.25, 0.3) is 0 Å². The fourth-order valence-corrected chi connectivity index (χ4v) is 2.52. The molecule has 1 N–H and O–H groups in total. The standard InChI is InChI=1S/C13H27N3/c1-12(10-14-13-4-3-5-13)11-16-8-6-15(2)7-9-16/h12-14H,3-11H2,1-2H3. The van der Waals surface area contributed by atoms with Gasteiger partial charge in [0, 0.05) is 38.8 Å². The number of hydrogen-bond acceptors (Lipinski definition) is 3. The molecule has 1 heterocycles. The van der Waals surface area contributed by atoms with Gasteiger partial charge in [0.05, 0.1) is 0 Å². The smallest absolute Gasteiger partial charge is 0.0110 e. The summed E-state index contributed by atoms with van der Waals surface area (Å²) in [5.41, 5.74) is 0. The maximum atomic E-state index is 3.68. The Hall–Kier alpha value is -0.120. The molecule has 1 aliphatic carbocycles. The summed E-state index contributed by atoms with van der Waals surface area (Å²) in [6.07, 6.45) is 4.24. The van der Waals surface area contributed by atoms with Crippen LogP contribution in [-0.2, 0) is 0 Å². The van der Waals surface area contributed by atoms with Crippen molar-refractivity contribution in [1.82, 2.24) is 15.1 Å². The van der Waals surface area contributed by atoms with Crippen molar-refractivity contribution in [2.75, 3.05) is 46.3 Å². The van der Waals surface area contributed by atoms with Gasteiger partial charge in [-0.2, -0.15) is 0 Å². The Balaban J connectivity index is 1.57. The second-order valence-corrected chi connectivity index (χ2v) is 5.75. The molecule has 1 atom stereocenters. The summed E-state index contributed by atoms with van der Waals surface area (Å²) >= 11 is 0. The zero-order valence-corrected chi connectivity index (χ0v) is 10.9. The molecule has 0 radical (unpaired) electrons. The molecule has 0 bridgehead atoms. The molecule has 3 nitrogen and oxygen atoms in total. The summed E-state index contributed by atoms with van der Waals surface area (Å²) in [5, 5.41) is 3.68. The molecule has 0 spiro atoms. The topological polar surface area (TPSA) is 18.5 Å². The Kier molecular flexibility index (Phi) is 4.62. The molecule has 94 valence electrons. The Labute approximate surface area is 100 Å². The van der Waals surface area contributed by atoms with E-state index >= 15 is 0 Å². The van der Waals surface area contributed by atoms with Gasteiger partial charge in [0.15, 0.2) is 0 Å². The van der Waals surface area contributed by atoms with Crippen LogP contribution in [0, 0.1) is 5.92 Å². The maximum Gasteiger partial charge on any atom is 0.0110 e. The Morgan fingerprint density at radius 1 is 1.19 bits per heavy atom. The average Bonchev–Trinajstić information content (AvgIpc) is 2.19. The Morgan fingerprint density at radius 3 is 2.44 bits per heavy atom. The lowest BCUT2D eigenvalue weighted by atomic mass is 9.93. The normalized spacial score (nSPS) is 26.6. The van der Waals surface area contributed by atoms with Crippen LogP contribution in [-0.4, -0.2) is 62.2 Å². The van der Waals surface area contributed by atoms with Crippen molar-refractivity contribution in [2.45, 2.75) is 32.2 Å². The first kappa shape index (κ1) is 12.3. The van der Waals surface area contributed by atoms with Gasteiger partial charge in [-0.05, 0) is 32.4 Å². The quantitative estimate of drug-likeness (QED) is 0.753. The minimum absolute atomic E-state index is 0.795. The van der Waals surface area contributed by atoms with E-state index in [9.17, 15) is 0 Å². The van der Waals surface area contributed by atoms with Gasteiger partial charge in [-0.15, -0.1) is 0 Å². The van der Waals surface area contributed by atoms with E-state index in [-0.39, 0.29) is 0 Å². The van der Waals surface area contributed by atoms with E-state index in [0.29, 0.717) is 0 Å². The minimum Gasteiger partial charge on any atom is -0.314 e. The molecule has 1 unspecified atom stereocenters. The number of piperazine rings is 1. The highest BCUT2D eigenvalue weighted by Gasteiger charge is 2.19. The largest absolute Gasteiger partial charge is 0.314 e.